The number of carbonyl (C=O) groups is 1. The van der Waals surface area contributed by atoms with E-state index in [2.05, 4.69) is 32.5 Å². The molecule has 0 spiro atoms. The molecule has 0 bridgehead atoms. The first-order chi connectivity index (χ1) is 25.6. The molecule has 3 atom stereocenters. The minimum atomic E-state index is -3.48. The second kappa shape index (κ2) is 12.9. The summed E-state index contributed by atoms with van der Waals surface area (Å²) in [5, 5.41) is 24.4. The Balaban J connectivity index is 1.26. The van der Waals surface area contributed by atoms with Gasteiger partial charge in [-0.2, -0.15) is 19.0 Å². The number of nitrogens with zero attached hydrogens (tertiary/aromatic N) is 4. The van der Waals surface area contributed by atoms with Gasteiger partial charge in [-0.15, -0.1) is 0 Å². The Bertz CT molecular complexity index is 2530. The Hall–Kier alpha value is -5.33. The molecular formula is C38H29ClF6N6O3. The topological polar surface area (TPSA) is 122 Å². The van der Waals surface area contributed by atoms with Crippen LogP contribution in [0.3, 0.4) is 0 Å². The van der Waals surface area contributed by atoms with Crippen molar-refractivity contribution in [2.75, 3.05) is 0 Å². The number of nitrogens with one attached hydrogen (secondary N) is 2. The lowest BCUT2D eigenvalue weighted by Gasteiger charge is -2.34. The third-order valence-corrected chi connectivity index (χ3v) is 10.1. The van der Waals surface area contributed by atoms with Gasteiger partial charge in [0, 0.05) is 34.1 Å². The van der Waals surface area contributed by atoms with Gasteiger partial charge in [-0.05, 0) is 80.8 Å². The van der Waals surface area contributed by atoms with Gasteiger partial charge in [0.25, 0.3) is 12.3 Å². The van der Waals surface area contributed by atoms with Gasteiger partial charge in [-0.25, -0.2) is 22.5 Å². The van der Waals surface area contributed by atoms with Crippen LogP contribution in [0.15, 0.2) is 52.9 Å². The van der Waals surface area contributed by atoms with E-state index >= 15 is 8.78 Å². The SMILES string of the molecule is CC(C)(O)C#Cc1ccc(-c2cccc3c2oc2c(Cl)[nH]nc23)c([C@H](Cc2cc(F)cc(F)c2)NC(=O)Cn2nc(C(F)F)c3c2C(F)(F)[C@@H]2CC[C@H]32)n1. The highest BCUT2D eigenvalue weighted by Crippen LogP contribution is 2.63. The smallest absolute Gasteiger partial charge is 0.293 e. The number of para-hydroxylation sites is 1. The zero-order valence-corrected chi connectivity index (χ0v) is 29.2. The number of aliphatic hydroxyl groups is 1. The molecule has 54 heavy (non-hydrogen) atoms. The monoisotopic (exact) mass is 766 g/mol. The van der Waals surface area contributed by atoms with Crippen LogP contribution in [0.1, 0.15) is 79.0 Å². The van der Waals surface area contributed by atoms with E-state index < -0.39 is 71.3 Å². The number of hydrogen-bond donors (Lipinski definition) is 3. The van der Waals surface area contributed by atoms with Crippen LogP contribution in [0.5, 0.6) is 0 Å². The van der Waals surface area contributed by atoms with Crippen LogP contribution in [-0.4, -0.2) is 41.6 Å². The maximum Gasteiger partial charge on any atom is 0.293 e. The fourth-order valence-electron chi connectivity index (χ4n) is 7.49. The molecule has 2 aliphatic rings. The lowest BCUT2D eigenvalue weighted by atomic mass is 9.73. The van der Waals surface area contributed by atoms with Crippen molar-refractivity contribution in [3.63, 3.8) is 0 Å². The second-order valence-electron chi connectivity index (χ2n) is 14.1. The highest BCUT2D eigenvalue weighted by molar-refractivity contribution is 6.34. The number of carbonyl (C=O) groups excluding carboxylic acids is 1. The number of rotatable bonds is 8. The summed E-state index contributed by atoms with van der Waals surface area (Å²) < 4.78 is 95.2. The zero-order chi connectivity index (χ0) is 38.3. The highest BCUT2D eigenvalue weighted by Gasteiger charge is 2.62. The number of halogens is 7. The number of H-pyrrole nitrogens is 1. The number of aromatic nitrogens is 5. The van der Waals surface area contributed by atoms with Gasteiger partial charge in [0.1, 0.15) is 52.0 Å². The molecule has 6 aromatic rings. The standard InChI is InChI=1S/C38H29ClF6N6O3/c1-37(2,53)11-10-20-6-7-21(22-4-3-5-24-30-33(54-32(22)24)35(39)49-48-30)29(46-20)26(14-17-12-18(40)15-19(41)13-17)47-27(52)16-51-34-28(31(50-51)36(42)43)23-8-9-25(23)38(34,44)45/h3-7,12-13,15,23,25-26,36,53H,8-9,14,16H2,1-2H3,(H,47,52)(H,48,49)/t23-,25+,26-/m0/s1. The van der Waals surface area contributed by atoms with Gasteiger partial charge in [0.2, 0.25) is 5.91 Å². The van der Waals surface area contributed by atoms with E-state index in [1.54, 1.807) is 30.3 Å². The third kappa shape index (κ3) is 6.16. The molecule has 0 aliphatic heterocycles. The number of hydrogen-bond acceptors (Lipinski definition) is 6. The number of amides is 1. The summed E-state index contributed by atoms with van der Waals surface area (Å²) in [5.74, 6) is -2.66. The molecule has 4 aromatic heterocycles. The van der Waals surface area contributed by atoms with Gasteiger partial charge in [-0.1, -0.05) is 29.7 Å². The van der Waals surface area contributed by atoms with E-state index in [1.165, 1.54) is 13.8 Å². The first-order valence-corrected chi connectivity index (χ1v) is 17.3. The molecule has 2 aliphatic carbocycles. The van der Waals surface area contributed by atoms with Crippen molar-refractivity contribution in [3.8, 4) is 23.0 Å². The van der Waals surface area contributed by atoms with Crippen LogP contribution in [0, 0.1) is 29.4 Å². The molecule has 2 aromatic carbocycles. The quantitative estimate of drug-likeness (QED) is 0.106. The first-order valence-electron chi connectivity index (χ1n) is 16.9. The number of pyridine rings is 1. The number of benzene rings is 2. The average molecular weight is 767 g/mol. The molecule has 1 saturated carbocycles. The molecule has 16 heteroatoms. The van der Waals surface area contributed by atoms with Crippen molar-refractivity contribution in [1.82, 2.24) is 30.3 Å². The molecule has 1 fully saturated rings. The molecule has 0 saturated heterocycles. The summed E-state index contributed by atoms with van der Waals surface area (Å²) in [6.45, 7) is 2.07. The lowest BCUT2D eigenvalue weighted by Crippen LogP contribution is -2.36. The summed E-state index contributed by atoms with van der Waals surface area (Å²) in [5.41, 5.74) is -0.865. The van der Waals surface area contributed by atoms with Crippen LogP contribution in [0.25, 0.3) is 33.2 Å². The maximum absolute atomic E-state index is 15.6. The van der Waals surface area contributed by atoms with Crippen molar-refractivity contribution in [3.05, 3.63) is 99.2 Å². The normalized spacial score (nSPS) is 18.0. The van der Waals surface area contributed by atoms with Gasteiger partial charge >= 0.3 is 0 Å². The summed E-state index contributed by atoms with van der Waals surface area (Å²) in [6.07, 6.45) is -2.96. The van der Waals surface area contributed by atoms with Crippen molar-refractivity contribution < 1.29 is 40.7 Å². The van der Waals surface area contributed by atoms with E-state index in [9.17, 15) is 27.5 Å². The molecule has 0 unspecified atom stereocenters. The maximum atomic E-state index is 15.6. The van der Waals surface area contributed by atoms with Gasteiger partial charge < -0.3 is 14.8 Å². The Morgan fingerprint density at radius 3 is 2.56 bits per heavy atom. The van der Waals surface area contributed by atoms with E-state index in [0.717, 1.165) is 12.1 Å². The van der Waals surface area contributed by atoms with Crippen molar-refractivity contribution in [1.29, 1.82) is 0 Å². The fraction of sp³-hybridized carbons (Fsp3) is 0.316. The van der Waals surface area contributed by atoms with Crippen LogP contribution in [0.2, 0.25) is 5.15 Å². The van der Waals surface area contributed by atoms with Crippen molar-refractivity contribution in [2.24, 2.45) is 5.92 Å². The molecule has 3 N–H and O–H groups in total. The number of aromatic amines is 1. The average Bonchev–Trinajstić information content (AvgIpc) is 3.77. The molecular weight excluding hydrogens is 738 g/mol. The Kier molecular flexibility index (Phi) is 8.53. The zero-order valence-electron chi connectivity index (χ0n) is 28.5. The van der Waals surface area contributed by atoms with Gasteiger partial charge in [0.05, 0.1) is 11.7 Å². The third-order valence-electron chi connectivity index (χ3n) is 9.84. The first kappa shape index (κ1) is 35.7. The van der Waals surface area contributed by atoms with Crippen LogP contribution < -0.4 is 5.32 Å². The molecule has 4 heterocycles. The summed E-state index contributed by atoms with van der Waals surface area (Å²) >= 11 is 6.28. The molecule has 9 nitrogen and oxygen atoms in total. The summed E-state index contributed by atoms with van der Waals surface area (Å²) in [7, 11) is 0. The number of furan rings is 1. The number of alkyl halides is 4. The second-order valence-corrected chi connectivity index (χ2v) is 14.4. The minimum Gasteiger partial charge on any atom is -0.450 e. The van der Waals surface area contributed by atoms with Crippen molar-refractivity contribution >= 4 is 39.6 Å². The summed E-state index contributed by atoms with van der Waals surface area (Å²) in [4.78, 5) is 18.7. The predicted molar refractivity (Wildman–Crippen MR) is 185 cm³/mol. The van der Waals surface area contributed by atoms with E-state index in [0.29, 0.717) is 44.8 Å². The van der Waals surface area contributed by atoms with Gasteiger partial charge in [0.15, 0.2) is 10.7 Å². The van der Waals surface area contributed by atoms with Gasteiger partial charge in [-0.3, -0.25) is 14.6 Å². The predicted octanol–water partition coefficient (Wildman–Crippen LogP) is 8.26. The largest absolute Gasteiger partial charge is 0.450 e. The van der Waals surface area contributed by atoms with Crippen LogP contribution in [0.4, 0.5) is 26.3 Å². The van der Waals surface area contributed by atoms with E-state index in [4.69, 9.17) is 21.0 Å². The molecule has 278 valence electrons. The Morgan fingerprint density at radius 2 is 1.87 bits per heavy atom. The lowest BCUT2D eigenvalue weighted by molar-refractivity contribution is -0.123. The molecule has 8 rings (SSSR count). The Morgan fingerprint density at radius 1 is 1.11 bits per heavy atom. The van der Waals surface area contributed by atoms with E-state index in [-0.39, 0.29) is 46.1 Å². The van der Waals surface area contributed by atoms with Crippen LogP contribution in [-0.2, 0) is 23.7 Å². The van der Waals surface area contributed by atoms with Crippen LogP contribution >= 0.6 is 11.6 Å². The number of fused-ring (bicyclic) bond motifs is 6. The molecule has 0 radical (unpaired) electrons. The minimum absolute atomic E-state index is 0.100. The highest BCUT2D eigenvalue weighted by atomic mass is 35.5. The Labute approximate surface area is 307 Å². The fourth-order valence-corrected chi connectivity index (χ4v) is 7.66. The van der Waals surface area contributed by atoms with E-state index in [1.807, 2.05) is 0 Å². The molecule has 1 amide bonds. The summed E-state index contributed by atoms with van der Waals surface area (Å²) in [6, 6.07) is 9.97. The van der Waals surface area contributed by atoms with Crippen molar-refractivity contribution in [2.45, 2.75) is 69.6 Å².